The summed E-state index contributed by atoms with van der Waals surface area (Å²) in [5.41, 5.74) is 3.59. The van der Waals surface area contributed by atoms with Gasteiger partial charge in [0.2, 0.25) is 0 Å². The lowest BCUT2D eigenvalue weighted by Crippen LogP contribution is -2.12. The molecule has 1 amide bonds. The van der Waals surface area contributed by atoms with Crippen molar-refractivity contribution < 1.29 is 4.79 Å². The van der Waals surface area contributed by atoms with Crippen LogP contribution in [0, 0.1) is 13.8 Å². The molecular formula is C17H19N3O. The number of anilines is 2. The third-order valence-electron chi connectivity index (χ3n) is 3.22. The fraction of sp³-hybridized carbons (Fsp3) is 0.176. The molecule has 2 rings (SSSR count). The summed E-state index contributed by atoms with van der Waals surface area (Å²) in [6.07, 6.45) is 3.39. The van der Waals surface area contributed by atoms with Crippen molar-refractivity contribution in [2.24, 2.45) is 0 Å². The first-order valence-electron chi connectivity index (χ1n) is 6.79. The Balaban J connectivity index is 2.05. The number of aromatic nitrogens is 1. The van der Waals surface area contributed by atoms with E-state index in [4.69, 9.17) is 0 Å². The Kier molecular flexibility index (Phi) is 4.72. The molecule has 0 aliphatic heterocycles. The van der Waals surface area contributed by atoms with Crippen LogP contribution in [-0.2, 0) is 0 Å². The quantitative estimate of drug-likeness (QED) is 0.824. The summed E-state index contributed by atoms with van der Waals surface area (Å²) in [7, 11) is 0. The van der Waals surface area contributed by atoms with Gasteiger partial charge >= 0.3 is 0 Å². The average molecular weight is 281 g/mol. The SMILES string of the molecule is C=CCNc1ccc(NC(=O)c2ccc(C)c(C)c2)cn1. The number of hydrogen-bond acceptors (Lipinski definition) is 3. The van der Waals surface area contributed by atoms with E-state index < -0.39 is 0 Å². The van der Waals surface area contributed by atoms with Crippen molar-refractivity contribution in [2.75, 3.05) is 17.2 Å². The standard InChI is InChI=1S/C17H19N3O/c1-4-9-18-16-8-7-15(11-19-16)20-17(21)14-6-5-12(2)13(3)10-14/h4-8,10-11H,1,9H2,2-3H3,(H,18,19)(H,20,21). The van der Waals surface area contributed by atoms with Gasteiger partial charge in [0, 0.05) is 12.1 Å². The molecule has 21 heavy (non-hydrogen) atoms. The molecule has 0 spiro atoms. The van der Waals surface area contributed by atoms with Crippen LogP contribution in [0.5, 0.6) is 0 Å². The fourth-order valence-electron chi connectivity index (χ4n) is 1.84. The second-order valence-electron chi connectivity index (χ2n) is 4.85. The van der Waals surface area contributed by atoms with Crippen LogP contribution < -0.4 is 10.6 Å². The van der Waals surface area contributed by atoms with E-state index in [0.29, 0.717) is 17.8 Å². The Bertz CT molecular complexity index is 648. The Labute approximate surface area is 124 Å². The molecule has 0 atom stereocenters. The van der Waals surface area contributed by atoms with Crippen molar-refractivity contribution >= 4 is 17.4 Å². The zero-order valence-electron chi connectivity index (χ0n) is 12.3. The first-order valence-corrected chi connectivity index (χ1v) is 6.79. The summed E-state index contributed by atoms with van der Waals surface area (Å²) in [5.74, 6) is 0.616. The van der Waals surface area contributed by atoms with Gasteiger partial charge < -0.3 is 10.6 Å². The van der Waals surface area contributed by atoms with Crippen molar-refractivity contribution in [3.05, 3.63) is 65.9 Å². The Morgan fingerprint density at radius 2 is 2.05 bits per heavy atom. The minimum atomic E-state index is -0.133. The number of carbonyl (C=O) groups excluding carboxylic acids is 1. The molecule has 1 aromatic carbocycles. The summed E-state index contributed by atoms with van der Waals surface area (Å²) in [6, 6.07) is 9.30. The molecule has 2 N–H and O–H groups in total. The van der Waals surface area contributed by atoms with E-state index in [-0.39, 0.29) is 5.91 Å². The summed E-state index contributed by atoms with van der Waals surface area (Å²) < 4.78 is 0. The van der Waals surface area contributed by atoms with Crippen LogP contribution >= 0.6 is 0 Å². The van der Waals surface area contributed by atoms with Crippen LogP contribution in [0.3, 0.4) is 0 Å². The minimum absolute atomic E-state index is 0.133. The predicted octanol–water partition coefficient (Wildman–Crippen LogP) is 3.55. The molecule has 108 valence electrons. The first kappa shape index (κ1) is 14.8. The molecule has 0 aliphatic rings. The van der Waals surface area contributed by atoms with Gasteiger partial charge in [-0.1, -0.05) is 12.1 Å². The zero-order chi connectivity index (χ0) is 15.2. The lowest BCUT2D eigenvalue weighted by atomic mass is 10.1. The van der Waals surface area contributed by atoms with Crippen molar-refractivity contribution in [1.29, 1.82) is 0 Å². The molecule has 0 aliphatic carbocycles. The molecule has 2 aromatic rings. The zero-order valence-corrected chi connectivity index (χ0v) is 12.3. The summed E-state index contributed by atoms with van der Waals surface area (Å²) in [5, 5.41) is 5.92. The van der Waals surface area contributed by atoms with Crippen LogP contribution in [0.25, 0.3) is 0 Å². The number of hydrogen-bond donors (Lipinski definition) is 2. The highest BCUT2D eigenvalue weighted by Crippen LogP contribution is 2.14. The van der Waals surface area contributed by atoms with Crippen LogP contribution in [0.1, 0.15) is 21.5 Å². The molecule has 0 fully saturated rings. The van der Waals surface area contributed by atoms with Gasteiger partial charge in [-0.05, 0) is 49.2 Å². The van der Waals surface area contributed by atoms with Crippen molar-refractivity contribution in [2.45, 2.75) is 13.8 Å². The normalized spacial score (nSPS) is 10.0. The Morgan fingerprint density at radius 1 is 1.24 bits per heavy atom. The molecule has 1 aromatic heterocycles. The highest BCUT2D eigenvalue weighted by Gasteiger charge is 2.07. The van der Waals surface area contributed by atoms with E-state index in [1.165, 1.54) is 5.56 Å². The van der Waals surface area contributed by atoms with Gasteiger partial charge in [0.15, 0.2) is 0 Å². The van der Waals surface area contributed by atoms with E-state index in [9.17, 15) is 4.79 Å². The monoisotopic (exact) mass is 281 g/mol. The van der Waals surface area contributed by atoms with Gasteiger partial charge in [0.1, 0.15) is 5.82 Å². The first-order chi connectivity index (χ1) is 10.1. The highest BCUT2D eigenvalue weighted by molar-refractivity contribution is 6.04. The Morgan fingerprint density at radius 3 is 2.67 bits per heavy atom. The minimum Gasteiger partial charge on any atom is -0.367 e. The molecule has 4 heteroatoms. The number of aryl methyl sites for hydroxylation is 2. The average Bonchev–Trinajstić information content (AvgIpc) is 2.49. The summed E-state index contributed by atoms with van der Waals surface area (Å²) in [6.45, 7) is 8.30. The number of amides is 1. The number of pyridine rings is 1. The maximum Gasteiger partial charge on any atom is 0.255 e. The fourth-order valence-corrected chi connectivity index (χ4v) is 1.84. The summed E-state index contributed by atoms with van der Waals surface area (Å²) in [4.78, 5) is 16.4. The highest BCUT2D eigenvalue weighted by atomic mass is 16.1. The van der Waals surface area contributed by atoms with Crippen molar-refractivity contribution in [3.63, 3.8) is 0 Å². The van der Waals surface area contributed by atoms with Gasteiger partial charge in [0.05, 0.1) is 11.9 Å². The third kappa shape index (κ3) is 3.92. The molecular weight excluding hydrogens is 262 g/mol. The van der Waals surface area contributed by atoms with Gasteiger partial charge in [0.25, 0.3) is 5.91 Å². The number of rotatable bonds is 5. The number of carbonyl (C=O) groups is 1. The van der Waals surface area contributed by atoms with Gasteiger partial charge in [-0.3, -0.25) is 4.79 Å². The van der Waals surface area contributed by atoms with Crippen molar-refractivity contribution in [1.82, 2.24) is 4.98 Å². The van der Waals surface area contributed by atoms with Crippen LogP contribution in [0.4, 0.5) is 11.5 Å². The maximum atomic E-state index is 12.2. The van der Waals surface area contributed by atoms with Crippen LogP contribution in [0.2, 0.25) is 0 Å². The van der Waals surface area contributed by atoms with Gasteiger partial charge in [-0.2, -0.15) is 0 Å². The largest absolute Gasteiger partial charge is 0.367 e. The molecule has 0 unspecified atom stereocenters. The van der Waals surface area contributed by atoms with E-state index in [1.54, 1.807) is 12.3 Å². The smallest absolute Gasteiger partial charge is 0.255 e. The third-order valence-corrected chi connectivity index (χ3v) is 3.22. The number of benzene rings is 1. The van der Waals surface area contributed by atoms with Crippen molar-refractivity contribution in [3.8, 4) is 0 Å². The second kappa shape index (κ2) is 6.70. The van der Waals surface area contributed by atoms with Gasteiger partial charge in [-0.25, -0.2) is 4.98 Å². The molecule has 1 heterocycles. The summed E-state index contributed by atoms with van der Waals surface area (Å²) >= 11 is 0. The van der Waals surface area contributed by atoms with E-state index in [0.717, 1.165) is 11.4 Å². The molecule has 0 saturated heterocycles. The molecule has 4 nitrogen and oxygen atoms in total. The van der Waals surface area contributed by atoms with E-state index >= 15 is 0 Å². The Hall–Kier alpha value is -2.62. The lowest BCUT2D eigenvalue weighted by Gasteiger charge is -2.08. The molecule has 0 bridgehead atoms. The lowest BCUT2D eigenvalue weighted by molar-refractivity contribution is 0.102. The maximum absolute atomic E-state index is 12.2. The number of nitrogens with one attached hydrogen (secondary N) is 2. The van der Waals surface area contributed by atoms with Crippen LogP contribution in [0.15, 0.2) is 49.2 Å². The van der Waals surface area contributed by atoms with Gasteiger partial charge in [-0.15, -0.1) is 6.58 Å². The number of nitrogens with zero attached hydrogens (tertiary/aromatic N) is 1. The van der Waals surface area contributed by atoms with Crippen LogP contribution in [-0.4, -0.2) is 17.4 Å². The second-order valence-corrected chi connectivity index (χ2v) is 4.85. The van der Waals surface area contributed by atoms with E-state index in [1.807, 2.05) is 44.2 Å². The molecule has 0 radical (unpaired) electrons. The van der Waals surface area contributed by atoms with E-state index in [2.05, 4.69) is 22.2 Å². The predicted molar refractivity (Wildman–Crippen MR) is 86.8 cm³/mol. The topological polar surface area (TPSA) is 54.0 Å². The molecule has 0 saturated carbocycles.